The number of hydrogen-bond acceptors (Lipinski definition) is 5. The number of ether oxygens (including phenoxy) is 1. The highest BCUT2D eigenvalue weighted by Gasteiger charge is 2.17. The minimum absolute atomic E-state index is 0.0367. The Morgan fingerprint density at radius 3 is 2.39 bits per heavy atom. The summed E-state index contributed by atoms with van der Waals surface area (Å²) in [5, 5.41) is 12.6. The largest absolute Gasteiger partial charge is 0.449 e. The van der Waals surface area contributed by atoms with Gasteiger partial charge in [0.05, 0.1) is 17.6 Å². The molecule has 8 heteroatoms. The number of aliphatic hydroxyl groups excluding tert-OH is 1. The van der Waals surface area contributed by atoms with Gasteiger partial charge in [0.1, 0.15) is 0 Å². The summed E-state index contributed by atoms with van der Waals surface area (Å²) >= 11 is 0. The Bertz CT molecular complexity index is 839. The van der Waals surface area contributed by atoms with Gasteiger partial charge >= 0.3 is 6.09 Å². The van der Waals surface area contributed by atoms with Crippen LogP contribution in [0.1, 0.15) is 37.9 Å². The second kappa shape index (κ2) is 10.8. The van der Waals surface area contributed by atoms with Gasteiger partial charge in [0.2, 0.25) is 10.0 Å². The van der Waals surface area contributed by atoms with Crippen LogP contribution < -0.4 is 10.0 Å². The van der Waals surface area contributed by atoms with Gasteiger partial charge in [0.25, 0.3) is 0 Å². The number of benzene rings is 2. The van der Waals surface area contributed by atoms with E-state index in [1.807, 2.05) is 6.07 Å². The van der Waals surface area contributed by atoms with Crippen LogP contribution in [0.5, 0.6) is 0 Å². The van der Waals surface area contributed by atoms with Crippen LogP contribution in [-0.4, -0.2) is 32.8 Å². The highest BCUT2D eigenvalue weighted by atomic mass is 32.2. The second-order valence-corrected chi connectivity index (χ2v) is 8.04. The predicted molar refractivity (Wildman–Crippen MR) is 108 cm³/mol. The zero-order valence-electron chi connectivity index (χ0n) is 15.8. The maximum absolute atomic E-state index is 12.4. The Morgan fingerprint density at radius 2 is 1.75 bits per heavy atom. The van der Waals surface area contributed by atoms with Crippen molar-refractivity contribution in [2.45, 2.75) is 37.2 Å². The van der Waals surface area contributed by atoms with Crippen LogP contribution in [0.15, 0.2) is 59.5 Å². The zero-order valence-corrected chi connectivity index (χ0v) is 16.6. The Balaban J connectivity index is 1.87. The number of sulfonamides is 1. The van der Waals surface area contributed by atoms with Gasteiger partial charge in [-0.15, -0.1) is 0 Å². The van der Waals surface area contributed by atoms with Crippen molar-refractivity contribution in [1.82, 2.24) is 4.72 Å². The van der Waals surface area contributed by atoms with E-state index in [0.29, 0.717) is 17.9 Å². The second-order valence-electron chi connectivity index (χ2n) is 6.27. The molecule has 1 atom stereocenters. The third kappa shape index (κ3) is 6.95. The number of nitrogens with one attached hydrogen (secondary N) is 2. The number of hydrogen-bond donors (Lipinski definition) is 3. The van der Waals surface area contributed by atoms with Crippen molar-refractivity contribution in [2.24, 2.45) is 0 Å². The van der Waals surface area contributed by atoms with Crippen molar-refractivity contribution < 1.29 is 23.1 Å². The fraction of sp³-hybridized carbons (Fsp3) is 0.350. The van der Waals surface area contributed by atoms with Gasteiger partial charge in [-0.1, -0.05) is 50.1 Å². The molecule has 0 heterocycles. The van der Waals surface area contributed by atoms with Gasteiger partial charge in [-0.2, -0.15) is 0 Å². The van der Waals surface area contributed by atoms with Gasteiger partial charge in [-0.05, 0) is 36.2 Å². The minimum Gasteiger partial charge on any atom is -0.449 e. The molecule has 0 spiro atoms. The lowest BCUT2D eigenvalue weighted by atomic mass is 10.1. The van der Waals surface area contributed by atoms with Crippen LogP contribution in [0.3, 0.4) is 0 Å². The highest BCUT2D eigenvalue weighted by Crippen LogP contribution is 2.16. The molecular formula is C20H26N2O5S. The first-order valence-electron chi connectivity index (χ1n) is 9.19. The summed E-state index contributed by atoms with van der Waals surface area (Å²) in [6.07, 6.45) is 1.32. The van der Waals surface area contributed by atoms with Crippen molar-refractivity contribution >= 4 is 21.8 Å². The summed E-state index contributed by atoms with van der Waals surface area (Å²) in [5.41, 5.74) is 1.06. The predicted octanol–water partition coefficient (Wildman–Crippen LogP) is 3.44. The molecule has 0 fully saturated rings. The fourth-order valence-corrected chi connectivity index (χ4v) is 3.49. The molecule has 28 heavy (non-hydrogen) atoms. The maximum atomic E-state index is 12.4. The lowest BCUT2D eigenvalue weighted by Gasteiger charge is -2.13. The van der Waals surface area contributed by atoms with Crippen LogP contribution in [-0.2, 0) is 14.8 Å². The Kier molecular flexibility index (Phi) is 8.43. The summed E-state index contributed by atoms with van der Waals surface area (Å²) in [6, 6.07) is 14.5. The average molecular weight is 407 g/mol. The number of amides is 1. The van der Waals surface area contributed by atoms with E-state index < -0.39 is 22.2 Å². The third-order valence-corrected chi connectivity index (χ3v) is 5.48. The van der Waals surface area contributed by atoms with Crippen LogP contribution >= 0.6 is 0 Å². The number of carbonyl (C=O) groups excluding carboxylic acids is 1. The number of carbonyl (C=O) groups is 1. The molecule has 0 bridgehead atoms. The van der Waals surface area contributed by atoms with E-state index >= 15 is 0 Å². The maximum Gasteiger partial charge on any atom is 0.411 e. The summed E-state index contributed by atoms with van der Waals surface area (Å²) in [4.78, 5) is 11.7. The molecule has 0 aliphatic carbocycles. The smallest absolute Gasteiger partial charge is 0.411 e. The minimum atomic E-state index is -3.78. The van der Waals surface area contributed by atoms with E-state index in [4.69, 9.17) is 4.74 Å². The normalized spacial score (nSPS) is 12.4. The van der Waals surface area contributed by atoms with Crippen molar-refractivity contribution in [2.75, 3.05) is 18.5 Å². The Labute approximate surface area is 165 Å². The standard InChI is InChI=1S/C20H26N2O5S/c1-2-3-7-14-27-20(24)22-17-10-12-18(13-11-17)28(25,26)21-15-19(23)16-8-5-4-6-9-16/h4-6,8-13,19,21,23H,2-3,7,14-15H2,1H3,(H,22,24)/t19-/m1/s1. The van der Waals surface area contributed by atoms with Gasteiger partial charge in [-0.25, -0.2) is 17.9 Å². The molecule has 2 aromatic rings. The summed E-state index contributed by atoms with van der Waals surface area (Å²) in [6.45, 7) is 2.27. The fourth-order valence-electron chi connectivity index (χ4n) is 2.45. The quantitative estimate of drug-likeness (QED) is 0.524. The van der Waals surface area contributed by atoms with Crippen molar-refractivity contribution in [3.05, 3.63) is 60.2 Å². The molecule has 152 valence electrons. The van der Waals surface area contributed by atoms with Crippen LogP contribution in [0.4, 0.5) is 10.5 Å². The van der Waals surface area contributed by atoms with Crippen molar-refractivity contribution in [3.63, 3.8) is 0 Å². The first-order chi connectivity index (χ1) is 13.4. The van der Waals surface area contributed by atoms with E-state index in [1.54, 1.807) is 24.3 Å². The molecular weight excluding hydrogens is 380 g/mol. The molecule has 0 aromatic heterocycles. The van der Waals surface area contributed by atoms with Crippen molar-refractivity contribution in [3.8, 4) is 0 Å². The molecule has 0 radical (unpaired) electrons. The van der Waals surface area contributed by atoms with Gasteiger partial charge in [0.15, 0.2) is 0 Å². The highest BCUT2D eigenvalue weighted by molar-refractivity contribution is 7.89. The first-order valence-corrected chi connectivity index (χ1v) is 10.7. The molecule has 0 saturated heterocycles. The zero-order chi connectivity index (χ0) is 20.4. The summed E-state index contributed by atoms with van der Waals surface area (Å²) < 4.78 is 32.2. The number of unbranched alkanes of at least 4 members (excludes halogenated alkanes) is 2. The molecule has 2 aromatic carbocycles. The lowest BCUT2D eigenvalue weighted by molar-refractivity contribution is 0.159. The molecule has 0 saturated carbocycles. The summed E-state index contributed by atoms with van der Waals surface area (Å²) in [5.74, 6) is 0. The van der Waals surface area contributed by atoms with Crippen LogP contribution in [0, 0.1) is 0 Å². The molecule has 2 rings (SSSR count). The summed E-state index contributed by atoms with van der Waals surface area (Å²) in [7, 11) is -3.78. The van der Waals surface area contributed by atoms with Crippen LogP contribution in [0.25, 0.3) is 0 Å². The molecule has 0 aliphatic rings. The molecule has 3 N–H and O–H groups in total. The first kappa shape index (κ1) is 21.9. The molecule has 7 nitrogen and oxygen atoms in total. The monoisotopic (exact) mass is 406 g/mol. The number of rotatable bonds is 10. The SMILES string of the molecule is CCCCCOC(=O)Nc1ccc(S(=O)(=O)NC[C@@H](O)c2ccccc2)cc1. The van der Waals surface area contributed by atoms with Gasteiger partial charge in [-0.3, -0.25) is 5.32 Å². The topological polar surface area (TPSA) is 105 Å². The third-order valence-electron chi connectivity index (χ3n) is 4.04. The van der Waals surface area contributed by atoms with Gasteiger partial charge in [0, 0.05) is 12.2 Å². The average Bonchev–Trinajstić information content (AvgIpc) is 2.70. The van der Waals surface area contributed by atoms with E-state index in [1.165, 1.54) is 24.3 Å². The van der Waals surface area contributed by atoms with E-state index in [9.17, 15) is 18.3 Å². The number of anilines is 1. The van der Waals surface area contributed by atoms with E-state index in [-0.39, 0.29) is 11.4 Å². The Morgan fingerprint density at radius 1 is 1.07 bits per heavy atom. The molecule has 0 unspecified atom stereocenters. The number of aliphatic hydroxyl groups is 1. The van der Waals surface area contributed by atoms with Gasteiger partial charge < -0.3 is 9.84 Å². The lowest BCUT2D eigenvalue weighted by Crippen LogP contribution is -2.28. The van der Waals surface area contributed by atoms with Crippen LogP contribution in [0.2, 0.25) is 0 Å². The molecule has 1 amide bonds. The Hall–Kier alpha value is -2.42. The van der Waals surface area contributed by atoms with Crippen molar-refractivity contribution in [1.29, 1.82) is 0 Å². The van der Waals surface area contributed by atoms with E-state index in [2.05, 4.69) is 17.0 Å². The molecule has 0 aliphatic heterocycles. The van der Waals surface area contributed by atoms with E-state index in [0.717, 1.165) is 19.3 Å².